The molecular weight excluding hydrogens is 440 g/mol. The van der Waals surface area contributed by atoms with Gasteiger partial charge in [0.25, 0.3) is 11.7 Å². The first-order valence-corrected chi connectivity index (χ1v) is 11.6. The summed E-state index contributed by atoms with van der Waals surface area (Å²) in [5.41, 5.74) is 3.51. The number of ketones is 1. The van der Waals surface area contributed by atoms with Crippen molar-refractivity contribution >= 4 is 17.4 Å². The normalized spacial score (nSPS) is 17.6. The van der Waals surface area contributed by atoms with E-state index < -0.39 is 17.7 Å². The number of hydrogen-bond acceptors (Lipinski definition) is 5. The molecule has 0 saturated carbocycles. The number of ether oxygens (including phenoxy) is 1. The topological polar surface area (TPSA) is 79.7 Å². The molecule has 1 aromatic heterocycles. The van der Waals surface area contributed by atoms with E-state index in [0.29, 0.717) is 22.6 Å². The summed E-state index contributed by atoms with van der Waals surface area (Å²) in [6.45, 7) is 8.25. The maximum absolute atomic E-state index is 13.4. The van der Waals surface area contributed by atoms with Crippen molar-refractivity contribution < 1.29 is 19.4 Å². The van der Waals surface area contributed by atoms with Crippen molar-refractivity contribution in [1.29, 1.82) is 0 Å². The third-order valence-electron chi connectivity index (χ3n) is 6.39. The number of para-hydroxylation sites is 1. The van der Waals surface area contributed by atoms with Crippen molar-refractivity contribution in [3.63, 3.8) is 0 Å². The van der Waals surface area contributed by atoms with Crippen LogP contribution in [-0.2, 0) is 21.5 Å². The molecule has 0 spiro atoms. The number of carbonyl (C=O) groups excluding carboxylic acids is 2. The molecule has 1 aliphatic rings. The minimum Gasteiger partial charge on any atom is -0.507 e. The van der Waals surface area contributed by atoms with Gasteiger partial charge >= 0.3 is 0 Å². The molecule has 1 N–H and O–H groups in total. The molecule has 1 aliphatic heterocycles. The Morgan fingerprint density at radius 1 is 1.06 bits per heavy atom. The zero-order valence-electron chi connectivity index (χ0n) is 20.7. The Labute approximate surface area is 205 Å². The second kappa shape index (κ2) is 9.37. The third kappa shape index (κ3) is 4.56. The number of aliphatic hydroxyl groups excluding tert-OH is 1. The summed E-state index contributed by atoms with van der Waals surface area (Å²) < 4.78 is 5.58. The van der Waals surface area contributed by atoms with Crippen LogP contribution in [0.4, 0.5) is 0 Å². The van der Waals surface area contributed by atoms with Gasteiger partial charge < -0.3 is 14.7 Å². The van der Waals surface area contributed by atoms with Crippen molar-refractivity contribution in [1.82, 2.24) is 9.88 Å². The number of methoxy groups -OCH3 is 1. The quantitative estimate of drug-likeness (QED) is 0.310. The highest BCUT2D eigenvalue weighted by Gasteiger charge is 2.47. The van der Waals surface area contributed by atoms with Crippen LogP contribution in [0.1, 0.15) is 54.8 Å². The van der Waals surface area contributed by atoms with E-state index in [4.69, 9.17) is 4.74 Å². The second-order valence-corrected chi connectivity index (χ2v) is 9.77. The molecule has 0 bridgehead atoms. The van der Waals surface area contributed by atoms with Crippen molar-refractivity contribution in [3.8, 4) is 5.75 Å². The predicted octanol–water partition coefficient (Wildman–Crippen LogP) is 5.32. The lowest BCUT2D eigenvalue weighted by molar-refractivity contribution is -0.140. The number of pyridine rings is 1. The molecule has 2 aromatic carbocycles. The summed E-state index contributed by atoms with van der Waals surface area (Å²) in [7, 11) is 1.54. The Balaban J connectivity index is 1.95. The van der Waals surface area contributed by atoms with Crippen LogP contribution in [0.15, 0.2) is 72.4 Å². The number of carbonyl (C=O) groups is 2. The minimum absolute atomic E-state index is 0.0459. The highest BCUT2D eigenvalue weighted by molar-refractivity contribution is 6.46. The molecule has 35 heavy (non-hydrogen) atoms. The van der Waals surface area contributed by atoms with Gasteiger partial charge in [-0.15, -0.1) is 0 Å². The van der Waals surface area contributed by atoms with Crippen LogP contribution in [0.3, 0.4) is 0 Å². The number of likely N-dealkylation sites (tertiary alicyclic amines) is 1. The van der Waals surface area contributed by atoms with Crippen LogP contribution in [0, 0.1) is 6.92 Å². The molecule has 3 aromatic rings. The number of nitrogens with zero attached hydrogens (tertiary/aromatic N) is 2. The van der Waals surface area contributed by atoms with E-state index in [1.807, 2.05) is 49.4 Å². The fourth-order valence-corrected chi connectivity index (χ4v) is 4.41. The summed E-state index contributed by atoms with van der Waals surface area (Å²) >= 11 is 0. The monoisotopic (exact) mass is 470 g/mol. The summed E-state index contributed by atoms with van der Waals surface area (Å²) in [5, 5.41) is 11.6. The molecule has 4 rings (SSSR count). The number of benzene rings is 2. The molecule has 2 heterocycles. The van der Waals surface area contributed by atoms with Gasteiger partial charge in [-0.3, -0.25) is 14.6 Å². The predicted molar refractivity (Wildman–Crippen MR) is 135 cm³/mol. The van der Waals surface area contributed by atoms with Gasteiger partial charge in [-0.1, -0.05) is 57.2 Å². The van der Waals surface area contributed by atoms with E-state index >= 15 is 0 Å². The van der Waals surface area contributed by atoms with Crippen LogP contribution in [0.25, 0.3) is 5.76 Å². The fourth-order valence-electron chi connectivity index (χ4n) is 4.41. The zero-order valence-corrected chi connectivity index (χ0v) is 20.7. The molecule has 1 unspecified atom stereocenters. The average molecular weight is 471 g/mol. The van der Waals surface area contributed by atoms with E-state index in [2.05, 4.69) is 25.8 Å². The van der Waals surface area contributed by atoms with Crippen molar-refractivity contribution in [2.75, 3.05) is 7.11 Å². The van der Waals surface area contributed by atoms with E-state index in [0.717, 1.165) is 11.1 Å². The molecule has 180 valence electrons. The Morgan fingerprint density at radius 3 is 2.43 bits per heavy atom. The Kier molecular flexibility index (Phi) is 6.48. The number of Topliss-reactive ketones (excluding diaryl/α,β-unsaturated/α-hetero) is 1. The van der Waals surface area contributed by atoms with Gasteiger partial charge in [-0.05, 0) is 47.7 Å². The van der Waals surface area contributed by atoms with Crippen LogP contribution < -0.4 is 4.74 Å². The zero-order chi connectivity index (χ0) is 25.3. The molecule has 6 heteroatoms. The largest absolute Gasteiger partial charge is 0.507 e. The summed E-state index contributed by atoms with van der Waals surface area (Å²) in [6.07, 6.45) is 1.64. The van der Waals surface area contributed by atoms with Crippen LogP contribution in [-0.4, -0.2) is 33.8 Å². The Bertz CT molecular complexity index is 1310. The van der Waals surface area contributed by atoms with E-state index in [-0.39, 0.29) is 23.3 Å². The summed E-state index contributed by atoms with van der Waals surface area (Å²) in [5.74, 6) is -1.07. The van der Waals surface area contributed by atoms with E-state index in [9.17, 15) is 14.7 Å². The van der Waals surface area contributed by atoms with Gasteiger partial charge in [0, 0.05) is 17.3 Å². The van der Waals surface area contributed by atoms with Gasteiger partial charge in [0.1, 0.15) is 11.5 Å². The lowest BCUT2D eigenvalue weighted by atomic mass is 9.84. The molecule has 1 atom stereocenters. The third-order valence-corrected chi connectivity index (χ3v) is 6.39. The maximum Gasteiger partial charge on any atom is 0.296 e. The summed E-state index contributed by atoms with van der Waals surface area (Å²) in [6, 6.07) is 17.7. The minimum atomic E-state index is -0.828. The molecule has 1 fully saturated rings. The highest BCUT2D eigenvalue weighted by atomic mass is 16.5. The Morgan fingerprint density at radius 2 is 1.77 bits per heavy atom. The van der Waals surface area contributed by atoms with Crippen molar-refractivity contribution in [2.24, 2.45) is 0 Å². The molecule has 0 radical (unpaired) electrons. The second-order valence-electron chi connectivity index (χ2n) is 9.77. The van der Waals surface area contributed by atoms with Crippen molar-refractivity contribution in [3.05, 3.63) is 100 Å². The average Bonchev–Trinajstić information content (AvgIpc) is 3.08. The van der Waals surface area contributed by atoms with Gasteiger partial charge in [0.05, 0.1) is 31.0 Å². The lowest BCUT2D eigenvalue weighted by Gasteiger charge is -2.26. The lowest BCUT2D eigenvalue weighted by Crippen LogP contribution is -2.29. The van der Waals surface area contributed by atoms with Gasteiger partial charge in [-0.2, -0.15) is 0 Å². The smallest absolute Gasteiger partial charge is 0.296 e. The fraction of sp³-hybridized carbons (Fsp3) is 0.276. The summed E-state index contributed by atoms with van der Waals surface area (Å²) in [4.78, 5) is 32.5. The molecule has 1 amide bonds. The number of amides is 1. The first-order valence-electron chi connectivity index (χ1n) is 11.6. The first-order chi connectivity index (χ1) is 16.6. The standard InChI is InChI=1S/C29H30N2O4/c1-18-13-14-19(29(2,3)4)16-22(18)26(32)24-25(21-11-6-7-12-23(21)35-5)31(28(34)27(24)33)17-20-10-8-9-15-30-20/h6-16,25,32H,17H2,1-5H3/b26-24+. The van der Waals surface area contributed by atoms with Crippen LogP contribution >= 0.6 is 0 Å². The number of aliphatic hydroxyl groups is 1. The van der Waals surface area contributed by atoms with Crippen LogP contribution in [0.2, 0.25) is 0 Å². The number of aromatic nitrogens is 1. The van der Waals surface area contributed by atoms with Crippen LogP contribution in [0.5, 0.6) is 5.75 Å². The van der Waals surface area contributed by atoms with Crippen molar-refractivity contribution in [2.45, 2.75) is 45.7 Å². The molecular formula is C29H30N2O4. The van der Waals surface area contributed by atoms with Gasteiger partial charge in [0.2, 0.25) is 0 Å². The molecule has 1 saturated heterocycles. The first kappa shape index (κ1) is 24.2. The number of hydrogen-bond donors (Lipinski definition) is 1. The van der Waals surface area contributed by atoms with E-state index in [1.165, 1.54) is 4.90 Å². The maximum atomic E-state index is 13.4. The molecule has 6 nitrogen and oxygen atoms in total. The SMILES string of the molecule is COc1ccccc1C1/C(=C(\O)c2cc(C(C)(C)C)ccc2C)C(=O)C(=O)N1Cc1ccccn1. The van der Waals surface area contributed by atoms with Gasteiger partial charge in [0.15, 0.2) is 0 Å². The number of aryl methyl sites for hydroxylation is 1. The number of rotatable bonds is 5. The Hall–Kier alpha value is -3.93. The van der Waals surface area contributed by atoms with Gasteiger partial charge in [-0.25, -0.2) is 0 Å². The highest BCUT2D eigenvalue weighted by Crippen LogP contribution is 2.43. The van der Waals surface area contributed by atoms with E-state index in [1.54, 1.807) is 31.5 Å². The molecule has 0 aliphatic carbocycles.